The minimum absolute atomic E-state index is 0.422. The van der Waals surface area contributed by atoms with Crippen LogP contribution in [0.1, 0.15) is 25.5 Å². The van der Waals surface area contributed by atoms with Gasteiger partial charge in [-0.05, 0) is 48.9 Å². The molecule has 0 bridgehead atoms. The highest BCUT2D eigenvalue weighted by Crippen LogP contribution is 2.30. The molecule has 5 heteroatoms. The molecule has 0 saturated heterocycles. The predicted molar refractivity (Wildman–Crippen MR) is 95.4 cm³/mol. The molecule has 3 N–H and O–H groups in total. The Bertz CT molecular complexity index is 760. The topological polar surface area (TPSA) is 72.5 Å². The molecule has 0 saturated carbocycles. The van der Waals surface area contributed by atoms with Crippen LogP contribution in [0.5, 0.6) is 0 Å². The first-order chi connectivity index (χ1) is 11.5. The van der Waals surface area contributed by atoms with Gasteiger partial charge in [-0.2, -0.15) is 0 Å². The minimum Gasteiger partial charge on any atom is -0.426 e. The Labute approximate surface area is 145 Å². The summed E-state index contributed by atoms with van der Waals surface area (Å²) in [6.45, 7) is 3.03. The fourth-order valence-corrected chi connectivity index (χ4v) is 2.74. The maximum atomic E-state index is 10.7. The molecule has 24 heavy (non-hydrogen) atoms. The Kier molecular flexibility index (Phi) is 6.27. The molecule has 2 aromatic carbocycles. The van der Waals surface area contributed by atoms with Crippen LogP contribution < -0.4 is 5.73 Å². The molecule has 2 aromatic rings. The number of aliphatic hydroxyl groups is 1. The summed E-state index contributed by atoms with van der Waals surface area (Å²) in [7, 11) is 0. The third kappa shape index (κ3) is 5.32. The van der Waals surface area contributed by atoms with E-state index in [0.29, 0.717) is 5.57 Å². The van der Waals surface area contributed by atoms with Crippen LogP contribution in [0.3, 0.4) is 0 Å². The van der Waals surface area contributed by atoms with Gasteiger partial charge in [0.1, 0.15) is 12.4 Å². The number of aliphatic hydroxyl groups excluding tert-OH is 1. The van der Waals surface area contributed by atoms with Crippen molar-refractivity contribution in [2.24, 2.45) is 0 Å². The van der Waals surface area contributed by atoms with Crippen molar-refractivity contribution in [2.75, 3.05) is 5.73 Å². The zero-order chi connectivity index (χ0) is 17.5. The number of esters is 1. The lowest BCUT2D eigenvalue weighted by molar-refractivity contribution is -0.135. The summed E-state index contributed by atoms with van der Waals surface area (Å²) in [6.07, 6.45) is 0.360. The molecule has 0 heterocycles. The van der Waals surface area contributed by atoms with Gasteiger partial charge in [0.05, 0.1) is 0 Å². The molecule has 1 unspecified atom stereocenters. The van der Waals surface area contributed by atoms with Gasteiger partial charge in [0.15, 0.2) is 0 Å². The number of carbonyl (C=O) groups is 1. The molecule has 0 amide bonds. The van der Waals surface area contributed by atoms with Gasteiger partial charge in [0, 0.05) is 28.0 Å². The Morgan fingerprint density at radius 2 is 1.67 bits per heavy atom. The number of rotatable bonds is 5. The van der Waals surface area contributed by atoms with Crippen molar-refractivity contribution in [3.8, 4) is 0 Å². The van der Waals surface area contributed by atoms with E-state index in [1.807, 2.05) is 48.5 Å². The van der Waals surface area contributed by atoms with Crippen LogP contribution in [-0.4, -0.2) is 11.1 Å². The van der Waals surface area contributed by atoms with E-state index in [-0.39, 0.29) is 0 Å². The highest BCUT2D eigenvalue weighted by atomic mass is 32.2. The monoisotopic (exact) mass is 341 g/mol. The quantitative estimate of drug-likeness (QED) is 0.371. The van der Waals surface area contributed by atoms with E-state index in [0.717, 1.165) is 27.3 Å². The van der Waals surface area contributed by atoms with E-state index < -0.39 is 12.1 Å². The zero-order valence-electron chi connectivity index (χ0n) is 13.5. The number of carbonyl (C=O) groups excluding carboxylic acids is 1. The standard InChI is InChI=1S/C19H19NO3S/c1-13(11-12-23-14(2)21)19(22)15-3-7-17(8-4-15)24-18-9-5-16(20)6-10-18/h3-10,12,19,22H,20H2,1-2H3. The summed E-state index contributed by atoms with van der Waals surface area (Å²) >= 11 is 1.62. The molecule has 1 atom stereocenters. The number of nitrogens with two attached hydrogens (primary N) is 1. The third-order valence-electron chi connectivity index (χ3n) is 3.23. The number of anilines is 1. The Hall–Kier alpha value is -2.46. The first kappa shape index (κ1) is 17.9. The SMILES string of the molecule is CC(=O)OC=C=C(C)C(O)c1ccc(Sc2ccc(N)cc2)cc1. The number of benzene rings is 2. The second-order valence-corrected chi connectivity index (χ2v) is 6.34. The van der Waals surface area contributed by atoms with Crippen LogP contribution in [0.15, 0.2) is 75.9 Å². The molecular formula is C19H19NO3S. The first-order valence-electron chi connectivity index (χ1n) is 7.36. The molecule has 0 aliphatic carbocycles. The molecule has 0 radical (unpaired) electrons. The van der Waals surface area contributed by atoms with Crippen molar-refractivity contribution in [1.29, 1.82) is 0 Å². The molecule has 0 aromatic heterocycles. The Morgan fingerprint density at radius 3 is 2.21 bits per heavy atom. The Balaban J connectivity index is 2.06. The summed E-state index contributed by atoms with van der Waals surface area (Å²) in [5.74, 6) is -0.422. The summed E-state index contributed by atoms with van der Waals surface area (Å²) in [6, 6.07) is 15.3. The van der Waals surface area contributed by atoms with Gasteiger partial charge in [-0.25, -0.2) is 0 Å². The van der Waals surface area contributed by atoms with Crippen LogP contribution in [0.4, 0.5) is 5.69 Å². The van der Waals surface area contributed by atoms with Crippen molar-refractivity contribution in [3.05, 3.63) is 71.7 Å². The van der Waals surface area contributed by atoms with E-state index in [2.05, 4.69) is 10.5 Å². The lowest BCUT2D eigenvalue weighted by Crippen LogP contribution is -1.98. The molecule has 2 rings (SSSR count). The molecular weight excluding hydrogens is 322 g/mol. The maximum absolute atomic E-state index is 10.7. The van der Waals surface area contributed by atoms with Crippen molar-refractivity contribution < 1.29 is 14.6 Å². The average molecular weight is 341 g/mol. The molecule has 0 spiro atoms. The lowest BCUT2D eigenvalue weighted by Gasteiger charge is -2.10. The van der Waals surface area contributed by atoms with Gasteiger partial charge >= 0.3 is 5.97 Å². The van der Waals surface area contributed by atoms with Gasteiger partial charge < -0.3 is 15.6 Å². The Morgan fingerprint density at radius 1 is 1.12 bits per heavy atom. The molecule has 0 aliphatic rings. The summed E-state index contributed by atoms with van der Waals surface area (Å²) in [5.41, 5.74) is 10.5. The van der Waals surface area contributed by atoms with Crippen LogP contribution >= 0.6 is 11.8 Å². The third-order valence-corrected chi connectivity index (χ3v) is 4.25. The van der Waals surface area contributed by atoms with Gasteiger partial charge in [-0.1, -0.05) is 29.6 Å². The lowest BCUT2D eigenvalue weighted by atomic mass is 10.0. The second kappa shape index (κ2) is 8.41. The zero-order valence-corrected chi connectivity index (χ0v) is 14.3. The number of nitrogen functional groups attached to an aromatic ring is 1. The van der Waals surface area contributed by atoms with Crippen LogP contribution in [0.25, 0.3) is 0 Å². The maximum Gasteiger partial charge on any atom is 0.308 e. The normalized spacial score (nSPS) is 11.3. The smallest absolute Gasteiger partial charge is 0.308 e. The highest BCUT2D eigenvalue weighted by molar-refractivity contribution is 7.99. The highest BCUT2D eigenvalue weighted by Gasteiger charge is 2.09. The van der Waals surface area contributed by atoms with Crippen molar-refractivity contribution >= 4 is 23.4 Å². The molecule has 124 valence electrons. The van der Waals surface area contributed by atoms with Gasteiger partial charge in [0.25, 0.3) is 0 Å². The molecule has 0 fully saturated rings. The summed E-state index contributed by atoms with van der Waals surface area (Å²) in [5, 5.41) is 10.3. The molecule has 4 nitrogen and oxygen atoms in total. The van der Waals surface area contributed by atoms with Gasteiger partial charge in [-0.3, -0.25) is 4.79 Å². The van der Waals surface area contributed by atoms with Crippen LogP contribution in [-0.2, 0) is 9.53 Å². The predicted octanol–water partition coefficient (Wildman–Crippen LogP) is 4.08. The largest absolute Gasteiger partial charge is 0.426 e. The minimum atomic E-state index is -0.799. The number of hydrogen-bond acceptors (Lipinski definition) is 5. The van der Waals surface area contributed by atoms with E-state index in [1.165, 1.54) is 6.92 Å². The number of hydrogen-bond donors (Lipinski definition) is 2. The van der Waals surface area contributed by atoms with E-state index in [4.69, 9.17) is 5.73 Å². The van der Waals surface area contributed by atoms with Crippen molar-refractivity contribution in [2.45, 2.75) is 29.7 Å². The summed E-state index contributed by atoms with van der Waals surface area (Å²) in [4.78, 5) is 12.9. The van der Waals surface area contributed by atoms with Gasteiger partial charge in [-0.15, -0.1) is 0 Å². The average Bonchev–Trinajstić information content (AvgIpc) is 2.56. The van der Waals surface area contributed by atoms with E-state index in [9.17, 15) is 9.90 Å². The fraction of sp³-hybridized carbons (Fsp3) is 0.158. The van der Waals surface area contributed by atoms with Crippen molar-refractivity contribution in [3.63, 3.8) is 0 Å². The van der Waals surface area contributed by atoms with E-state index >= 15 is 0 Å². The first-order valence-corrected chi connectivity index (χ1v) is 8.17. The number of ether oxygens (including phenoxy) is 1. The summed E-state index contributed by atoms with van der Waals surface area (Å²) < 4.78 is 4.67. The van der Waals surface area contributed by atoms with Crippen LogP contribution in [0.2, 0.25) is 0 Å². The van der Waals surface area contributed by atoms with Gasteiger partial charge in [0.2, 0.25) is 0 Å². The van der Waals surface area contributed by atoms with Crippen LogP contribution in [0, 0.1) is 0 Å². The van der Waals surface area contributed by atoms with E-state index in [1.54, 1.807) is 18.7 Å². The van der Waals surface area contributed by atoms with Crippen molar-refractivity contribution in [1.82, 2.24) is 0 Å². The second-order valence-electron chi connectivity index (χ2n) is 5.20. The molecule has 0 aliphatic heterocycles. The fourth-order valence-electron chi connectivity index (χ4n) is 1.92.